The molecule has 1 aliphatic rings. The number of esters is 1. The van der Waals surface area contributed by atoms with Gasteiger partial charge in [-0.25, -0.2) is 4.79 Å². The monoisotopic (exact) mass is 227 g/mol. The summed E-state index contributed by atoms with van der Waals surface area (Å²) in [5, 5.41) is 9.01. The lowest BCUT2D eigenvalue weighted by Crippen LogP contribution is -2.54. The third-order valence-corrected chi connectivity index (χ3v) is 2.40. The quantitative estimate of drug-likeness (QED) is 0.535. The van der Waals surface area contributed by atoms with Crippen LogP contribution in [0.1, 0.15) is 27.2 Å². The number of carboxylic acids is 1. The van der Waals surface area contributed by atoms with Gasteiger partial charge in [0.15, 0.2) is 0 Å². The van der Waals surface area contributed by atoms with Crippen molar-refractivity contribution in [2.75, 3.05) is 0 Å². The minimum atomic E-state index is -1.64. The van der Waals surface area contributed by atoms with Gasteiger partial charge < -0.3 is 15.6 Å². The Balaban J connectivity index is 2.83. The molecule has 90 valence electrons. The van der Waals surface area contributed by atoms with Crippen molar-refractivity contribution in [1.29, 1.82) is 0 Å². The van der Waals surface area contributed by atoms with E-state index in [2.05, 4.69) is 0 Å². The van der Waals surface area contributed by atoms with Crippen molar-refractivity contribution in [3.05, 3.63) is 12.2 Å². The minimum absolute atomic E-state index is 0.303. The summed E-state index contributed by atoms with van der Waals surface area (Å²) in [4.78, 5) is 22.8. The van der Waals surface area contributed by atoms with Gasteiger partial charge in [0.25, 0.3) is 0 Å². The second-order valence-electron chi connectivity index (χ2n) is 4.96. The molecular formula is C11H17NO4. The standard InChI is InChI=1S/C11H17NO4/c1-10(2,3)16-8(13)7-5-4-6-11(7,12)9(14)15/h4,6-7H,5,12H2,1-3H3,(H,14,15)/t7?,11-/m1/s1. The summed E-state index contributed by atoms with van der Waals surface area (Å²) in [5.74, 6) is -2.62. The number of hydrogen-bond acceptors (Lipinski definition) is 4. The molecule has 5 nitrogen and oxygen atoms in total. The van der Waals surface area contributed by atoms with Crippen LogP contribution < -0.4 is 5.73 Å². The maximum atomic E-state index is 11.8. The predicted molar refractivity (Wildman–Crippen MR) is 57.6 cm³/mol. The Bertz CT molecular complexity index is 342. The number of carbonyl (C=O) groups is 2. The fourth-order valence-corrected chi connectivity index (χ4v) is 1.59. The molecule has 1 rings (SSSR count). The molecule has 0 saturated heterocycles. The van der Waals surface area contributed by atoms with E-state index in [1.807, 2.05) is 0 Å². The molecule has 16 heavy (non-hydrogen) atoms. The van der Waals surface area contributed by atoms with E-state index in [1.165, 1.54) is 6.08 Å². The number of ether oxygens (including phenoxy) is 1. The molecule has 1 unspecified atom stereocenters. The SMILES string of the molecule is CC(C)(C)OC(=O)C1CC=C[C@]1(N)C(=O)O. The van der Waals surface area contributed by atoms with Crippen LogP contribution in [-0.4, -0.2) is 28.2 Å². The van der Waals surface area contributed by atoms with E-state index in [1.54, 1.807) is 26.8 Å². The highest BCUT2D eigenvalue weighted by molar-refractivity contribution is 5.90. The molecule has 0 bridgehead atoms. The highest BCUT2D eigenvalue weighted by Crippen LogP contribution is 2.30. The van der Waals surface area contributed by atoms with Crippen LogP contribution >= 0.6 is 0 Å². The molecular weight excluding hydrogens is 210 g/mol. The van der Waals surface area contributed by atoms with Crippen LogP contribution in [0.2, 0.25) is 0 Å². The highest BCUT2D eigenvalue weighted by atomic mass is 16.6. The Morgan fingerprint density at radius 2 is 2.06 bits per heavy atom. The molecule has 0 heterocycles. The molecule has 0 fully saturated rings. The van der Waals surface area contributed by atoms with Gasteiger partial charge in [-0.05, 0) is 27.2 Å². The molecule has 2 atom stereocenters. The molecule has 0 aromatic carbocycles. The van der Waals surface area contributed by atoms with Crippen LogP contribution in [0, 0.1) is 5.92 Å². The van der Waals surface area contributed by atoms with Gasteiger partial charge in [0.2, 0.25) is 0 Å². The Hall–Kier alpha value is -1.36. The summed E-state index contributed by atoms with van der Waals surface area (Å²) >= 11 is 0. The first kappa shape index (κ1) is 12.7. The number of hydrogen-bond donors (Lipinski definition) is 2. The van der Waals surface area contributed by atoms with Crippen molar-refractivity contribution in [3.8, 4) is 0 Å². The zero-order chi connectivity index (χ0) is 12.6. The van der Waals surface area contributed by atoms with Gasteiger partial charge in [0.05, 0.1) is 5.92 Å². The summed E-state index contributed by atoms with van der Waals surface area (Å²) < 4.78 is 5.14. The second-order valence-corrected chi connectivity index (χ2v) is 4.96. The fourth-order valence-electron chi connectivity index (χ4n) is 1.59. The Labute approximate surface area is 94.3 Å². The molecule has 0 aliphatic heterocycles. The number of rotatable bonds is 2. The Morgan fingerprint density at radius 1 is 1.50 bits per heavy atom. The second kappa shape index (κ2) is 3.90. The summed E-state index contributed by atoms with van der Waals surface area (Å²) in [7, 11) is 0. The van der Waals surface area contributed by atoms with Gasteiger partial charge in [-0.2, -0.15) is 0 Å². The minimum Gasteiger partial charge on any atom is -0.480 e. The van der Waals surface area contributed by atoms with Gasteiger partial charge >= 0.3 is 11.9 Å². The first-order valence-corrected chi connectivity index (χ1v) is 5.09. The van der Waals surface area contributed by atoms with Crippen LogP contribution in [0.25, 0.3) is 0 Å². The molecule has 0 spiro atoms. The van der Waals surface area contributed by atoms with E-state index >= 15 is 0 Å². The van der Waals surface area contributed by atoms with Crippen LogP contribution in [0.3, 0.4) is 0 Å². The average Bonchev–Trinajstić information content (AvgIpc) is 2.45. The maximum absolute atomic E-state index is 11.8. The van der Waals surface area contributed by atoms with E-state index in [0.29, 0.717) is 6.42 Å². The first-order valence-electron chi connectivity index (χ1n) is 5.09. The van der Waals surface area contributed by atoms with Gasteiger partial charge in [0, 0.05) is 0 Å². The summed E-state index contributed by atoms with van der Waals surface area (Å²) in [6.45, 7) is 5.19. The molecule has 1 aliphatic carbocycles. The zero-order valence-electron chi connectivity index (χ0n) is 9.69. The molecule has 5 heteroatoms. The van der Waals surface area contributed by atoms with Gasteiger partial charge in [-0.1, -0.05) is 12.2 Å². The Morgan fingerprint density at radius 3 is 2.50 bits per heavy atom. The lowest BCUT2D eigenvalue weighted by Gasteiger charge is -2.28. The topological polar surface area (TPSA) is 89.6 Å². The smallest absolute Gasteiger partial charge is 0.328 e. The third kappa shape index (κ3) is 2.41. The highest BCUT2D eigenvalue weighted by Gasteiger charge is 2.48. The van der Waals surface area contributed by atoms with E-state index in [9.17, 15) is 9.59 Å². The largest absolute Gasteiger partial charge is 0.480 e. The van der Waals surface area contributed by atoms with E-state index in [-0.39, 0.29) is 0 Å². The lowest BCUT2D eigenvalue weighted by atomic mass is 9.88. The number of carboxylic acid groups (broad SMARTS) is 1. The number of nitrogens with two attached hydrogens (primary N) is 1. The van der Waals surface area contributed by atoms with Crippen molar-refractivity contribution >= 4 is 11.9 Å². The summed E-state index contributed by atoms with van der Waals surface area (Å²) in [5.41, 5.74) is 3.40. The van der Waals surface area contributed by atoms with Crippen LogP contribution in [0.4, 0.5) is 0 Å². The molecule has 0 aromatic heterocycles. The van der Waals surface area contributed by atoms with Crippen molar-refractivity contribution in [1.82, 2.24) is 0 Å². The van der Waals surface area contributed by atoms with E-state index in [4.69, 9.17) is 15.6 Å². The maximum Gasteiger partial charge on any atom is 0.328 e. The molecule has 0 radical (unpaired) electrons. The number of aliphatic carboxylic acids is 1. The Kier molecular flexibility index (Phi) is 3.10. The van der Waals surface area contributed by atoms with Crippen molar-refractivity contribution < 1.29 is 19.4 Å². The van der Waals surface area contributed by atoms with E-state index < -0.39 is 29.0 Å². The summed E-state index contributed by atoms with van der Waals surface area (Å²) in [6.07, 6.45) is 3.25. The van der Waals surface area contributed by atoms with Crippen molar-refractivity contribution in [3.63, 3.8) is 0 Å². The van der Waals surface area contributed by atoms with Gasteiger partial charge in [-0.15, -0.1) is 0 Å². The first-order chi connectivity index (χ1) is 7.17. The molecule has 0 amide bonds. The summed E-state index contributed by atoms with van der Waals surface area (Å²) in [6, 6.07) is 0. The van der Waals surface area contributed by atoms with E-state index in [0.717, 1.165) is 0 Å². The predicted octanol–water partition coefficient (Wildman–Crippen LogP) is 0.686. The van der Waals surface area contributed by atoms with Crippen LogP contribution in [0.5, 0.6) is 0 Å². The molecule has 0 aromatic rings. The number of carbonyl (C=O) groups excluding carboxylic acids is 1. The lowest BCUT2D eigenvalue weighted by molar-refractivity contribution is -0.165. The zero-order valence-corrected chi connectivity index (χ0v) is 9.69. The third-order valence-electron chi connectivity index (χ3n) is 2.40. The van der Waals surface area contributed by atoms with Crippen molar-refractivity contribution in [2.45, 2.75) is 38.3 Å². The molecule has 0 saturated carbocycles. The number of allylic oxidation sites excluding steroid dienone is 1. The van der Waals surface area contributed by atoms with Crippen LogP contribution in [0.15, 0.2) is 12.2 Å². The fraction of sp³-hybridized carbons (Fsp3) is 0.636. The van der Waals surface area contributed by atoms with Crippen molar-refractivity contribution in [2.24, 2.45) is 11.7 Å². The van der Waals surface area contributed by atoms with Crippen LogP contribution in [-0.2, 0) is 14.3 Å². The average molecular weight is 227 g/mol. The van der Waals surface area contributed by atoms with Gasteiger partial charge in [0.1, 0.15) is 11.1 Å². The van der Waals surface area contributed by atoms with Gasteiger partial charge in [-0.3, -0.25) is 4.79 Å². The normalized spacial score (nSPS) is 29.1. The molecule has 3 N–H and O–H groups in total.